The van der Waals surface area contributed by atoms with E-state index in [1.54, 1.807) is 18.5 Å². The lowest BCUT2D eigenvalue weighted by Gasteiger charge is -2.38. The molecule has 1 aromatic heterocycles. The van der Waals surface area contributed by atoms with Crippen molar-refractivity contribution in [2.24, 2.45) is 0 Å². The number of aromatic nitrogens is 1. The van der Waals surface area contributed by atoms with E-state index in [2.05, 4.69) is 20.9 Å². The third-order valence-corrected chi connectivity index (χ3v) is 6.51. The molecule has 114 valence electrons. The van der Waals surface area contributed by atoms with Gasteiger partial charge in [-0.3, -0.25) is 9.78 Å². The molecule has 0 saturated carbocycles. The van der Waals surface area contributed by atoms with Crippen molar-refractivity contribution in [3.63, 3.8) is 0 Å². The maximum atomic E-state index is 12.7. The number of amides is 1. The molecule has 1 unspecified atom stereocenters. The number of halogens is 1. The Bertz CT molecular complexity index is 663. The average Bonchev–Trinajstić information content (AvgIpc) is 2.66. The molecule has 3 heterocycles. The van der Waals surface area contributed by atoms with Crippen molar-refractivity contribution in [1.82, 2.24) is 9.88 Å². The fraction of sp³-hybridized carbons (Fsp3) is 0.571. The minimum Gasteiger partial charge on any atom is -0.333 e. The molecule has 0 spiro atoms. The van der Waals surface area contributed by atoms with Crippen LogP contribution < -0.4 is 0 Å². The number of sulfone groups is 1. The second-order valence-corrected chi connectivity index (χ2v) is 9.15. The van der Waals surface area contributed by atoms with Gasteiger partial charge in [0, 0.05) is 35.2 Å². The van der Waals surface area contributed by atoms with E-state index < -0.39 is 9.84 Å². The predicted octanol–water partition coefficient (Wildman–Crippen LogP) is 2.02. The topological polar surface area (TPSA) is 67.3 Å². The van der Waals surface area contributed by atoms with E-state index in [0.29, 0.717) is 18.4 Å². The normalized spacial score (nSPS) is 28.7. The van der Waals surface area contributed by atoms with Gasteiger partial charge in [-0.05, 0) is 47.7 Å². The fourth-order valence-corrected chi connectivity index (χ4v) is 4.99. The van der Waals surface area contributed by atoms with Crippen molar-refractivity contribution in [3.8, 4) is 0 Å². The summed E-state index contributed by atoms with van der Waals surface area (Å²) in [5.74, 6) is -0.0387. The number of pyridine rings is 1. The lowest BCUT2D eigenvalue weighted by molar-refractivity contribution is 0.0598. The smallest absolute Gasteiger partial charge is 0.255 e. The van der Waals surface area contributed by atoms with Crippen LogP contribution in [0.5, 0.6) is 0 Å². The molecule has 2 saturated heterocycles. The molecule has 3 atom stereocenters. The molecule has 0 aromatic carbocycles. The quantitative estimate of drug-likeness (QED) is 0.796. The molecule has 0 aliphatic carbocycles. The zero-order valence-electron chi connectivity index (χ0n) is 11.7. The van der Waals surface area contributed by atoms with Gasteiger partial charge in [-0.2, -0.15) is 0 Å². The summed E-state index contributed by atoms with van der Waals surface area (Å²) in [6.45, 7) is 0. The van der Waals surface area contributed by atoms with Crippen molar-refractivity contribution in [1.29, 1.82) is 0 Å². The standard InChI is InChI=1S/C14H17BrN2O3S/c1-21(19,20)13-5-11-2-3-12(6-13)17(11)14(18)9-4-10(15)8-16-7-9/h4,7-8,11-13H,2-3,5-6H2,1H3/t11-,12+,13?. The third-order valence-electron chi connectivity index (χ3n) is 4.48. The molecule has 3 rings (SSSR count). The van der Waals surface area contributed by atoms with Gasteiger partial charge in [0.1, 0.15) is 9.84 Å². The lowest BCUT2D eigenvalue weighted by atomic mass is 10.0. The zero-order chi connectivity index (χ0) is 15.2. The van der Waals surface area contributed by atoms with Gasteiger partial charge in [-0.25, -0.2) is 8.42 Å². The highest BCUT2D eigenvalue weighted by Gasteiger charge is 2.46. The third kappa shape index (κ3) is 2.85. The van der Waals surface area contributed by atoms with Gasteiger partial charge in [0.25, 0.3) is 5.91 Å². The molecule has 2 aliphatic rings. The maximum absolute atomic E-state index is 12.7. The van der Waals surface area contributed by atoms with Crippen molar-refractivity contribution in [2.45, 2.75) is 43.0 Å². The van der Waals surface area contributed by atoms with Gasteiger partial charge < -0.3 is 4.90 Å². The van der Waals surface area contributed by atoms with E-state index in [4.69, 9.17) is 0 Å². The molecular weight excluding hydrogens is 356 g/mol. The summed E-state index contributed by atoms with van der Waals surface area (Å²) in [7, 11) is -3.03. The van der Waals surface area contributed by atoms with Crippen LogP contribution >= 0.6 is 15.9 Å². The number of fused-ring (bicyclic) bond motifs is 2. The van der Waals surface area contributed by atoms with Crippen molar-refractivity contribution in [2.75, 3.05) is 6.26 Å². The van der Waals surface area contributed by atoms with Gasteiger partial charge >= 0.3 is 0 Å². The van der Waals surface area contributed by atoms with Crippen molar-refractivity contribution >= 4 is 31.7 Å². The summed E-state index contributed by atoms with van der Waals surface area (Å²) in [5.41, 5.74) is 0.555. The first-order chi connectivity index (χ1) is 9.86. The number of carbonyl (C=O) groups is 1. The van der Waals surface area contributed by atoms with Gasteiger partial charge in [-0.15, -0.1) is 0 Å². The van der Waals surface area contributed by atoms with Gasteiger partial charge in [0.2, 0.25) is 0 Å². The second-order valence-electron chi connectivity index (χ2n) is 5.91. The fourth-order valence-electron chi connectivity index (χ4n) is 3.49. The minimum absolute atomic E-state index is 0.0370. The SMILES string of the molecule is CS(=O)(=O)C1C[C@H]2CC[C@@H](C1)N2C(=O)c1cncc(Br)c1. The zero-order valence-corrected chi connectivity index (χ0v) is 14.1. The van der Waals surface area contributed by atoms with E-state index in [1.165, 1.54) is 6.26 Å². The predicted molar refractivity (Wildman–Crippen MR) is 82.8 cm³/mol. The average molecular weight is 373 g/mol. The van der Waals surface area contributed by atoms with Crippen LogP contribution in [0.4, 0.5) is 0 Å². The number of carbonyl (C=O) groups excluding carboxylic acids is 1. The van der Waals surface area contributed by atoms with Crippen LogP contribution in [-0.4, -0.2) is 47.8 Å². The summed E-state index contributed by atoms with van der Waals surface area (Å²) in [6.07, 6.45) is 7.40. The number of nitrogens with zero attached hydrogens (tertiary/aromatic N) is 2. The Kier molecular flexibility index (Phi) is 3.81. The molecule has 21 heavy (non-hydrogen) atoms. The monoisotopic (exact) mass is 372 g/mol. The summed E-state index contributed by atoms with van der Waals surface area (Å²) in [4.78, 5) is 18.6. The van der Waals surface area contributed by atoms with Crippen LogP contribution in [-0.2, 0) is 9.84 Å². The van der Waals surface area contributed by atoms with E-state index >= 15 is 0 Å². The molecule has 0 N–H and O–H groups in total. The van der Waals surface area contributed by atoms with Crippen LogP contribution in [0.1, 0.15) is 36.0 Å². The minimum atomic E-state index is -3.03. The maximum Gasteiger partial charge on any atom is 0.255 e. The Morgan fingerprint density at radius 3 is 2.43 bits per heavy atom. The number of hydrogen-bond donors (Lipinski definition) is 0. The largest absolute Gasteiger partial charge is 0.333 e. The second kappa shape index (κ2) is 5.35. The van der Waals surface area contributed by atoms with E-state index in [9.17, 15) is 13.2 Å². The highest BCUT2D eigenvalue weighted by Crippen LogP contribution is 2.39. The molecule has 2 fully saturated rings. The first kappa shape index (κ1) is 15.0. The molecule has 7 heteroatoms. The van der Waals surface area contributed by atoms with Gasteiger partial charge in [0.05, 0.1) is 10.8 Å². The molecule has 2 aliphatic heterocycles. The summed E-state index contributed by atoms with van der Waals surface area (Å²) < 4.78 is 24.3. The summed E-state index contributed by atoms with van der Waals surface area (Å²) in [6, 6.07) is 1.84. The summed E-state index contributed by atoms with van der Waals surface area (Å²) >= 11 is 3.32. The Balaban J connectivity index is 1.84. The first-order valence-corrected chi connectivity index (χ1v) is 9.73. The molecule has 1 amide bonds. The van der Waals surface area contributed by atoms with Crippen LogP contribution in [0.2, 0.25) is 0 Å². The van der Waals surface area contributed by atoms with Crippen LogP contribution in [0.3, 0.4) is 0 Å². The van der Waals surface area contributed by atoms with Gasteiger partial charge in [-0.1, -0.05) is 0 Å². The van der Waals surface area contributed by atoms with Gasteiger partial charge in [0.15, 0.2) is 0 Å². The first-order valence-electron chi connectivity index (χ1n) is 6.98. The van der Waals surface area contributed by atoms with Crippen molar-refractivity contribution in [3.05, 3.63) is 28.5 Å². The van der Waals surface area contributed by atoms with Crippen LogP contribution in [0.25, 0.3) is 0 Å². The Labute approximate surface area is 132 Å². The van der Waals surface area contributed by atoms with E-state index in [1.807, 2.05) is 4.90 Å². The number of piperidine rings is 1. The van der Waals surface area contributed by atoms with E-state index in [0.717, 1.165) is 17.3 Å². The highest BCUT2D eigenvalue weighted by molar-refractivity contribution is 9.10. The molecule has 5 nitrogen and oxygen atoms in total. The molecular formula is C14H17BrN2O3S. The molecule has 2 bridgehead atoms. The number of rotatable bonds is 2. The highest BCUT2D eigenvalue weighted by atomic mass is 79.9. The summed E-state index contributed by atoms with van der Waals surface area (Å²) in [5, 5.41) is -0.306. The molecule has 0 radical (unpaired) electrons. The van der Waals surface area contributed by atoms with Crippen LogP contribution in [0.15, 0.2) is 22.9 Å². The Morgan fingerprint density at radius 2 is 1.90 bits per heavy atom. The Hall–Kier alpha value is -0.950. The van der Waals surface area contributed by atoms with Crippen molar-refractivity contribution < 1.29 is 13.2 Å². The van der Waals surface area contributed by atoms with E-state index in [-0.39, 0.29) is 23.2 Å². The lowest BCUT2D eigenvalue weighted by Crippen LogP contribution is -2.49. The molecule has 1 aromatic rings. The number of hydrogen-bond acceptors (Lipinski definition) is 4. The Morgan fingerprint density at radius 1 is 1.29 bits per heavy atom. The van der Waals surface area contributed by atoms with Crippen LogP contribution in [0, 0.1) is 0 Å².